The molecule has 0 aliphatic heterocycles. The molecule has 2 aromatic rings. The number of halogens is 1. The molecule has 0 saturated carbocycles. The maximum absolute atomic E-state index is 6.14. The molecular formula is C13H11ClN4O2. The molecule has 0 saturated heterocycles. The SMILES string of the molecule is C#CCOc1c(Cl)cc(C=Nn2cnnc2)cc1OC. The molecule has 0 aliphatic carbocycles. The van der Waals surface area contributed by atoms with Crippen LogP contribution < -0.4 is 9.47 Å². The second kappa shape index (κ2) is 6.59. The summed E-state index contributed by atoms with van der Waals surface area (Å²) in [6.45, 7) is 0.115. The molecular weight excluding hydrogens is 280 g/mol. The van der Waals surface area contributed by atoms with Crippen LogP contribution in [0.1, 0.15) is 5.56 Å². The Balaban J connectivity index is 2.28. The van der Waals surface area contributed by atoms with Crippen LogP contribution in [-0.2, 0) is 0 Å². The van der Waals surface area contributed by atoms with E-state index in [0.29, 0.717) is 16.5 Å². The maximum Gasteiger partial charge on any atom is 0.181 e. The average molecular weight is 291 g/mol. The Bertz CT molecular complexity index is 647. The smallest absolute Gasteiger partial charge is 0.181 e. The molecule has 102 valence electrons. The second-order valence-corrected chi connectivity index (χ2v) is 4.02. The summed E-state index contributed by atoms with van der Waals surface area (Å²) in [5.74, 6) is 3.27. The highest BCUT2D eigenvalue weighted by Gasteiger charge is 2.11. The predicted molar refractivity (Wildman–Crippen MR) is 75.3 cm³/mol. The van der Waals surface area contributed by atoms with E-state index in [2.05, 4.69) is 21.2 Å². The number of nitrogens with zero attached hydrogens (tertiary/aromatic N) is 4. The number of benzene rings is 1. The van der Waals surface area contributed by atoms with Gasteiger partial charge >= 0.3 is 0 Å². The van der Waals surface area contributed by atoms with Crippen molar-refractivity contribution >= 4 is 17.8 Å². The Labute approximate surface area is 121 Å². The topological polar surface area (TPSA) is 61.5 Å². The van der Waals surface area contributed by atoms with Gasteiger partial charge in [0.25, 0.3) is 0 Å². The van der Waals surface area contributed by atoms with Gasteiger partial charge in [-0.25, -0.2) is 4.68 Å². The Hall–Kier alpha value is -2.52. The van der Waals surface area contributed by atoms with Crippen molar-refractivity contribution in [3.63, 3.8) is 0 Å². The van der Waals surface area contributed by atoms with E-state index in [4.69, 9.17) is 27.5 Å². The molecule has 0 N–H and O–H groups in total. The maximum atomic E-state index is 6.14. The molecule has 0 unspecified atom stereocenters. The summed E-state index contributed by atoms with van der Waals surface area (Å²) >= 11 is 6.14. The lowest BCUT2D eigenvalue weighted by Gasteiger charge is -2.11. The Kier molecular flexibility index (Phi) is 4.58. The fourth-order valence-corrected chi connectivity index (χ4v) is 1.73. The molecule has 0 aliphatic rings. The second-order valence-electron chi connectivity index (χ2n) is 3.61. The highest BCUT2D eigenvalue weighted by Crippen LogP contribution is 2.35. The summed E-state index contributed by atoms with van der Waals surface area (Å²) in [4.78, 5) is 0. The minimum atomic E-state index is 0.115. The molecule has 0 fully saturated rings. The van der Waals surface area contributed by atoms with E-state index in [1.807, 2.05) is 0 Å². The van der Waals surface area contributed by atoms with Crippen LogP contribution in [0.3, 0.4) is 0 Å². The average Bonchev–Trinajstić information content (AvgIpc) is 2.96. The van der Waals surface area contributed by atoms with E-state index in [-0.39, 0.29) is 6.61 Å². The van der Waals surface area contributed by atoms with E-state index in [9.17, 15) is 0 Å². The largest absolute Gasteiger partial charge is 0.493 e. The van der Waals surface area contributed by atoms with Crippen molar-refractivity contribution in [1.82, 2.24) is 14.9 Å². The van der Waals surface area contributed by atoms with Gasteiger partial charge in [0.1, 0.15) is 19.3 Å². The van der Waals surface area contributed by atoms with Gasteiger partial charge in [0.2, 0.25) is 0 Å². The van der Waals surface area contributed by atoms with Gasteiger partial charge in [-0.05, 0) is 17.7 Å². The highest BCUT2D eigenvalue weighted by molar-refractivity contribution is 6.32. The summed E-state index contributed by atoms with van der Waals surface area (Å²) < 4.78 is 12.0. The van der Waals surface area contributed by atoms with Gasteiger partial charge in [-0.15, -0.1) is 16.6 Å². The third-order valence-corrected chi connectivity index (χ3v) is 2.58. The van der Waals surface area contributed by atoms with Gasteiger partial charge in [-0.2, -0.15) is 5.10 Å². The molecule has 0 bridgehead atoms. The van der Waals surface area contributed by atoms with Crippen LogP contribution >= 0.6 is 11.6 Å². The van der Waals surface area contributed by atoms with Gasteiger partial charge in [-0.1, -0.05) is 17.5 Å². The first-order valence-electron chi connectivity index (χ1n) is 5.57. The molecule has 6 nitrogen and oxygen atoms in total. The van der Waals surface area contributed by atoms with Crippen molar-refractivity contribution in [1.29, 1.82) is 0 Å². The summed E-state index contributed by atoms with van der Waals surface area (Å²) in [5.41, 5.74) is 0.744. The third kappa shape index (κ3) is 3.28. The number of hydrogen-bond acceptors (Lipinski definition) is 5. The molecule has 1 aromatic carbocycles. The molecule has 0 spiro atoms. The van der Waals surface area contributed by atoms with Crippen LogP contribution in [0, 0.1) is 12.3 Å². The summed E-state index contributed by atoms with van der Waals surface area (Å²) in [6, 6.07) is 3.44. The van der Waals surface area contributed by atoms with Gasteiger partial charge in [-0.3, -0.25) is 0 Å². The molecule has 0 atom stereocenters. The van der Waals surface area contributed by atoms with Gasteiger partial charge in [0.05, 0.1) is 18.3 Å². The first-order valence-corrected chi connectivity index (χ1v) is 5.95. The Morgan fingerprint density at radius 1 is 1.45 bits per heavy atom. The zero-order valence-corrected chi connectivity index (χ0v) is 11.4. The number of aromatic nitrogens is 3. The predicted octanol–water partition coefficient (Wildman–Crippen LogP) is 1.83. The summed E-state index contributed by atoms with van der Waals surface area (Å²) in [5, 5.41) is 11.8. The van der Waals surface area contributed by atoms with Crippen LogP contribution in [0.4, 0.5) is 0 Å². The van der Waals surface area contributed by atoms with E-state index >= 15 is 0 Å². The summed E-state index contributed by atoms with van der Waals surface area (Å²) in [7, 11) is 1.52. The number of hydrogen-bond donors (Lipinski definition) is 0. The fraction of sp³-hybridized carbons (Fsp3) is 0.154. The van der Waals surface area contributed by atoms with Crippen LogP contribution in [-0.4, -0.2) is 34.8 Å². The lowest BCUT2D eigenvalue weighted by atomic mass is 10.2. The molecule has 1 aromatic heterocycles. The van der Waals surface area contributed by atoms with Crippen LogP contribution in [0.15, 0.2) is 29.9 Å². The Morgan fingerprint density at radius 2 is 2.20 bits per heavy atom. The van der Waals surface area contributed by atoms with Crippen molar-refractivity contribution in [2.75, 3.05) is 13.7 Å². The van der Waals surface area contributed by atoms with Crippen LogP contribution in [0.25, 0.3) is 0 Å². The van der Waals surface area contributed by atoms with Crippen molar-refractivity contribution < 1.29 is 9.47 Å². The van der Waals surface area contributed by atoms with Crippen LogP contribution in [0.5, 0.6) is 11.5 Å². The minimum absolute atomic E-state index is 0.115. The zero-order valence-electron chi connectivity index (χ0n) is 10.7. The van der Waals surface area contributed by atoms with Gasteiger partial charge in [0.15, 0.2) is 11.5 Å². The van der Waals surface area contributed by atoms with Crippen molar-refractivity contribution in [2.24, 2.45) is 5.10 Å². The number of terminal acetylenes is 1. The van der Waals surface area contributed by atoms with Crippen molar-refractivity contribution in [3.05, 3.63) is 35.4 Å². The monoisotopic (exact) mass is 290 g/mol. The van der Waals surface area contributed by atoms with Crippen LogP contribution in [0.2, 0.25) is 5.02 Å². The van der Waals surface area contributed by atoms with E-state index in [1.165, 1.54) is 24.4 Å². The van der Waals surface area contributed by atoms with Crippen molar-refractivity contribution in [3.8, 4) is 23.8 Å². The van der Waals surface area contributed by atoms with Gasteiger partial charge < -0.3 is 9.47 Å². The van der Waals surface area contributed by atoms with E-state index in [1.54, 1.807) is 18.3 Å². The van der Waals surface area contributed by atoms with E-state index in [0.717, 1.165) is 5.56 Å². The van der Waals surface area contributed by atoms with E-state index < -0.39 is 0 Å². The minimum Gasteiger partial charge on any atom is -0.493 e. The molecule has 2 rings (SSSR count). The molecule has 1 heterocycles. The normalized spacial score (nSPS) is 10.4. The number of methoxy groups -OCH3 is 1. The molecule has 7 heteroatoms. The molecule has 20 heavy (non-hydrogen) atoms. The lowest BCUT2D eigenvalue weighted by molar-refractivity contribution is 0.331. The quantitative estimate of drug-likeness (QED) is 0.623. The van der Waals surface area contributed by atoms with Gasteiger partial charge in [0, 0.05) is 0 Å². The fourth-order valence-electron chi connectivity index (χ4n) is 1.46. The number of ether oxygens (including phenoxy) is 2. The standard InChI is InChI=1S/C13H11ClN4O2/c1-3-4-20-13-11(14)5-10(6-12(13)19-2)7-17-18-8-15-16-9-18/h1,5-9H,4H2,2H3. The first kappa shape index (κ1) is 13.9. The molecule has 0 radical (unpaired) electrons. The first-order chi connectivity index (χ1) is 9.74. The number of rotatable bonds is 5. The lowest BCUT2D eigenvalue weighted by Crippen LogP contribution is -1.99. The Morgan fingerprint density at radius 3 is 2.85 bits per heavy atom. The molecule has 0 amide bonds. The zero-order chi connectivity index (χ0) is 14.4. The third-order valence-electron chi connectivity index (χ3n) is 2.30. The summed E-state index contributed by atoms with van der Waals surface area (Å²) in [6.07, 6.45) is 9.70. The van der Waals surface area contributed by atoms with Crippen molar-refractivity contribution in [2.45, 2.75) is 0 Å². The highest BCUT2D eigenvalue weighted by atomic mass is 35.5.